The summed E-state index contributed by atoms with van der Waals surface area (Å²) in [5.74, 6) is 0.127. The lowest BCUT2D eigenvalue weighted by Crippen LogP contribution is -2.34. The molecule has 0 aliphatic heterocycles. The number of para-hydroxylation sites is 2. The third-order valence-electron chi connectivity index (χ3n) is 4.63. The molecule has 1 N–H and O–H groups in total. The minimum Gasteiger partial charge on any atom is -0.492 e. The molecule has 0 bridgehead atoms. The fourth-order valence-electron chi connectivity index (χ4n) is 3.28. The number of carbonyl (C=O) groups excluding carboxylic acids is 1. The van der Waals surface area contributed by atoms with Crippen molar-refractivity contribution in [2.45, 2.75) is 19.5 Å². The van der Waals surface area contributed by atoms with Crippen molar-refractivity contribution in [1.82, 2.24) is 4.90 Å². The molecule has 150 valence electrons. The summed E-state index contributed by atoms with van der Waals surface area (Å²) < 4.78 is 19.8. The normalized spacial score (nSPS) is 11.9. The number of hydrogen-bond donors (Lipinski definition) is 1. The second-order valence-corrected chi connectivity index (χ2v) is 6.74. The molecule has 0 saturated heterocycles. The quantitative estimate of drug-likeness (QED) is 0.584. The maximum Gasteiger partial charge on any atom is 0.246 e. The number of nitrogens with one attached hydrogen (secondary N) is 1. The van der Waals surface area contributed by atoms with Crippen molar-refractivity contribution in [3.05, 3.63) is 95.8 Å². The van der Waals surface area contributed by atoms with E-state index in [9.17, 15) is 9.18 Å². The lowest BCUT2D eigenvalue weighted by atomic mass is 10.0. The Balaban J connectivity index is 1.88. The Morgan fingerprint density at radius 3 is 2.38 bits per heavy atom. The predicted octanol–water partition coefficient (Wildman–Crippen LogP) is 5.04. The highest BCUT2D eigenvalue weighted by Gasteiger charge is 2.26. The predicted molar refractivity (Wildman–Crippen MR) is 113 cm³/mol. The largest absolute Gasteiger partial charge is 0.492 e. The van der Waals surface area contributed by atoms with Crippen molar-refractivity contribution in [3.8, 4) is 5.75 Å². The monoisotopic (exact) mass is 392 g/mol. The van der Waals surface area contributed by atoms with Crippen LogP contribution in [0.5, 0.6) is 5.75 Å². The van der Waals surface area contributed by atoms with Crippen LogP contribution >= 0.6 is 0 Å². The zero-order valence-corrected chi connectivity index (χ0v) is 16.6. The standard InChI is InChI=1S/C24H25FN2O2/c1-3-29-22-16-10-9-15-21(22)26-24(28)23(18-11-5-4-6-12-18)27(2)17-19-13-7-8-14-20(19)25/h4-16,23H,3,17H2,1-2H3,(H,26,28)/t23-/m1/s1. The number of likely N-dealkylation sites (N-methyl/N-ethyl adjacent to an activating group) is 1. The Kier molecular flexibility index (Phi) is 6.98. The first kappa shape index (κ1) is 20.6. The van der Waals surface area contributed by atoms with Gasteiger partial charge in [-0.05, 0) is 37.7 Å². The van der Waals surface area contributed by atoms with Crippen LogP contribution in [0, 0.1) is 5.82 Å². The van der Waals surface area contributed by atoms with E-state index in [1.165, 1.54) is 6.07 Å². The van der Waals surface area contributed by atoms with E-state index in [0.717, 1.165) is 5.56 Å². The molecule has 0 unspecified atom stereocenters. The molecule has 0 heterocycles. The van der Waals surface area contributed by atoms with Crippen LogP contribution in [-0.2, 0) is 11.3 Å². The lowest BCUT2D eigenvalue weighted by molar-refractivity contribution is -0.121. The Labute approximate surface area is 170 Å². The van der Waals surface area contributed by atoms with Crippen molar-refractivity contribution in [2.75, 3.05) is 19.0 Å². The lowest BCUT2D eigenvalue weighted by Gasteiger charge is -2.28. The molecule has 0 saturated carbocycles. The molecule has 3 rings (SSSR count). The minimum atomic E-state index is -0.592. The molecule has 0 radical (unpaired) electrons. The van der Waals surface area contributed by atoms with Crippen molar-refractivity contribution >= 4 is 11.6 Å². The molecule has 0 aromatic heterocycles. The second kappa shape index (κ2) is 9.85. The van der Waals surface area contributed by atoms with E-state index in [4.69, 9.17) is 4.74 Å². The number of ether oxygens (including phenoxy) is 1. The van der Waals surface area contributed by atoms with Crippen LogP contribution in [-0.4, -0.2) is 24.5 Å². The van der Waals surface area contributed by atoms with Crippen LogP contribution in [0.25, 0.3) is 0 Å². The van der Waals surface area contributed by atoms with Gasteiger partial charge in [0.1, 0.15) is 17.6 Å². The Morgan fingerprint density at radius 1 is 1.00 bits per heavy atom. The first-order valence-electron chi connectivity index (χ1n) is 9.61. The van der Waals surface area contributed by atoms with Gasteiger partial charge >= 0.3 is 0 Å². The van der Waals surface area contributed by atoms with Crippen molar-refractivity contribution in [2.24, 2.45) is 0 Å². The average Bonchev–Trinajstić information content (AvgIpc) is 2.72. The number of amides is 1. The van der Waals surface area contributed by atoms with Gasteiger partial charge in [-0.2, -0.15) is 0 Å². The highest BCUT2D eigenvalue weighted by atomic mass is 19.1. The maximum absolute atomic E-state index is 14.2. The summed E-state index contributed by atoms with van der Waals surface area (Å²) in [6, 6.07) is 22.8. The molecule has 0 aliphatic rings. The zero-order chi connectivity index (χ0) is 20.6. The third kappa shape index (κ3) is 5.21. The van der Waals surface area contributed by atoms with Gasteiger partial charge in [-0.3, -0.25) is 9.69 Å². The SMILES string of the molecule is CCOc1ccccc1NC(=O)[C@@H](c1ccccc1)N(C)Cc1ccccc1F. The number of halogens is 1. The maximum atomic E-state index is 14.2. The van der Waals surface area contributed by atoms with Crippen LogP contribution in [0.1, 0.15) is 24.1 Å². The summed E-state index contributed by atoms with van der Waals surface area (Å²) in [7, 11) is 1.82. The van der Waals surface area contributed by atoms with E-state index >= 15 is 0 Å². The molecule has 1 atom stereocenters. The second-order valence-electron chi connectivity index (χ2n) is 6.74. The van der Waals surface area contributed by atoms with Crippen LogP contribution in [0.2, 0.25) is 0 Å². The van der Waals surface area contributed by atoms with Gasteiger partial charge in [0.2, 0.25) is 5.91 Å². The molecular weight excluding hydrogens is 367 g/mol. The van der Waals surface area contributed by atoms with Crippen molar-refractivity contribution in [3.63, 3.8) is 0 Å². The number of rotatable bonds is 8. The molecule has 3 aromatic carbocycles. The Bertz CT molecular complexity index is 946. The van der Waals surface area contributed by atoms with Gasteiger partial charge < -0.3 is 10.1 Å². The molecule has 1 amide bonds. The number of carbonyl (C=O) groups is 1. The first-order valence-corrected chi connectivity index (χ1v) is 9.61. The topological polar surface area (TPSA) is 41.6 Å². The van der Waals surface area contributed by atoms with Gasteiger partial charge in [0.05, 0.1) is 12.3 Å². The molecule has 4 nitrogen and oxygen atoms in total. The smallest absolute Gasteiger partial charge is 0.246 e. The molecule has 29 heavy (non-hydrogen) atoms. The third-order valence-corrected chi connectivity index (χ3v) is 4.63. The zero-order valence-electron chi connectivity index (χ0n) is 16.6. The molecule has 0 fully saturated rings. The first-order chi connectivity index (χ1) is 14.1. The van der Waals surface area contributed by atoms with Gasteiger partial charge in [0.25, 0.3) is 0 Å². The highest BCUT2D eigenvalue weighted by molar-refractivity contribution is 5.96. The van der Waals surface area contributed by atoms with Crippen molar-refractivity contribution < 1.29 is 13.9 Å². The molecule has 0 spiro atoms. The van der Waals surface area contributed by atoms with Crippen LogP contribution in [0.4, 0.5) is 10.1 Å². The van der Waals surface area contributed by atoms with E-state index in [0.29, 0.717) is 30.2 Å². The average molecular weight is 392 g/mol. The van der Waals surface area contributed by atoms with E-state index in [-0.39, 0.29) is 11.7 Å². The van der Waals surface area contributed by atoms with E-state index in [1.807, 2.05) is 73.5 Å². The summed E-state index contributed by atoms with van der Waals surface area (Å²) >= 11 is 0. The number of anilines is 1. The van der Waals surface area contributed by atoms with Gasteiger partial charge in [-0.1, -0.05) is 60.7 Å². The minimum absolute atomic E-state index is 0.206. The number of hydrogen-bond acceptors (Lipinski definition) is 3. The summed E-state index contributed by atoms with van der Waals surface area (Å²) in [5, 5.41) is 2.98. The van der Waals surface area contributed by atoms with Crippen LogP contribution < -0.4 is 10.1 Å². The van der Waals surface area contributed by atoms with Gasteiger partial charge in [0.15, 0.2) is 0 Å². The summed E-state index contributed by atoms with van der Waals surface area (Å²) in [6.45, 7) is 2.70. The molecular formula is C24H25FN2O2. The fraction of sp³-hybridized carbons (Fsp3) is 0.208. The van der Waals surface area contributed by atoms with Gasteiger partial charge in [-0.25, -0.2) is 4.39 Å². The van der Waals surface area contributed by atoms with E-state index in [2.05, 4.69) is 5.32 Å². The molecule has 3 aromatic rings. The molecule has 5 heteroatoms. The van der Waals surface area contributed by atoms with E-state index < -0.39 is 6.04 Å². The van der Waals surface area contributed by atoms with E-state index in [1.54, 1.807) is 18.2 Å². The molecule has 0 aliphatic carbocycles. The summed E-state index contributed by atoms with van der Waals surface area (Å²) in [6.07, 6.45) is 0. The van der Waals surface area contributed by atoms with Crippen LogP contribution in [0.3, 0.4) is 0 Å². The van der Waals surface area contributed by atoms with Gasteiger partial charge in [0, 0.05) is 12.1 Å². The highest BCUT2D eigenvalue weighted by Crippen LogP contribution is 2.28. The Morgan fingerprint density at radius 2 is 1.66 bits per heavy atom. The van der Waals surface area contributed by atoms with Crippen LogP contribution in [0.15, 0.2) is 78.9 Å². The number of benzene rings is 3. The Hall–Kier alpha value is -3.18. The fourth-order valence-corrected chi connectivity index (χ4v) is 3.28. The number of nitrogens with zero attached hydrogens (tertiary/aromatic N) is 1. The van der Waals surface area contributed by atoms with Gasteiger partial charge in [-0.15, -0.1) is 0 Å². The van der Waals surface area contributed by atoms with Crippen molar-refractivity contribution in [1.29, 1.82) is 0 Å². The summed E-state index contributed by atoms with van der Waals surface area (Å²) in [5.41, 5.74) is 1.98. The summed E-state index contributed by atoms with van der Waals surface area (Å²) in [4.78, 5) is 15.1.